The van der Waals surface area contributed by atoms with Crippen molar-refractivity contribution in [3.05, 3.63) is 12.2 Å². The van der Waals surface area contributed by atoms with Crippen molar-refractivity contribution in [1.29, 1.82) is 0 Å². The number of ether oxygens (including phenoxy) is 3. The number of allylic oxidation sites excluding steroid dienone is 1. The van der Waals surface area contributed by atoms with Crippen molar-refractivity contribution in [2.45, 2.75) is 84.1 Å². The van der Waals surface area contributed by atoms with Gasteiger partial charge in [0.15, 0.2) is 12.6 Å². The van der Waals surface area contributed by atoms with Gasteiger partial charge in [0.25, 0.3) is 0 Å². The maximum atomic E-state index is 9.82. The van der Waals surface area contributed by atoms with Crippen LogP contribution in [-0.4, -0.2) is 36.5 Å². The predicted octanol–water partition coefficient (Wildman–Crippen LogP) is 3.88. The molecular formula is C22H34O4. The minimum Gasteiger partial charge on any atom is -0.368 e. The fourth-order valence-corrected chi connectivity index (χ4v) is 4.64. The van der Waals surface area contributed by atoms with Gasteiger partial charge in [0.2, 0.25) is 0 Å². The monoisotopic (exact) mass is 362 g/mol. The Hall–Kier alpha value is -0.860. The number of fused-ring (bicyclic) bond motifs is 1. The Morgan fingerprint density at radius 3 is 2.88 bits per heavy atom. The molecule has 0 amide bonds. The molecule has 0 aromatic carbocycles. The molecule has 4 nitrogen and oxygen atoms in total. The highest BCUT2D eigenvalue weighted by atomic mass is 16.7. The standard InChI is InChI=1S/C22H34O4/c1-4-5-8-15(2)19(26-22-9-6-7-12-24-22)11-10-17-16(3)13-20-18(17)14-21(23)25-20/h10-11,15-23H,6-9,12-14H2,1-3H3/b11-10+/t15?,16-,17+,18-,19-,20+,21?,22?/m1/s1. The SMILES string of the molecule is CC#CCC(C)[C@@H](/C=C/[C@@H]1[C@H]2CC(O)O[C@H]2C[C@H]1C)OC1CCCCO1. The van der Waals surface area contributed by atoms with Gasteiger partial charge in [-0.15, -0.1) is 11.8 Å². The lowest BCUT2D eigenvalue weighted by Crippen LogP contribution is -2.30. The smallest absolute Gasteiger partial charge is 0.158 e. The zero-order valence-electron chi connectivity index (χ0n) is 16.4. The van der Waals surface area contributed by atoms with Crippen LogP contribution in [0.2, 0.25) is 0 Å². The number of rotatable bonds is 6. The first-order valence-corrected chi connectivity index (χ1v) is 10.3. The molecule has 3 unspecified atom stereocenters. The van der Waals surface area contributed by atoms with Crippen LogP contribution >= 0.6 is 0 Å². The molecule has 3 aliphatic rings. The normalized spacial score (nSPS) is 39.4. The Morgan fingerprint density at radius 1 is 1.31 bits per heavy atom. The van der Waals surface area contributed by atoms with Gasteiger partial charge in [0.1, 0.15) is 0 Å². The summed E-state index contributed by atoms with van der Waals surface area (Å²) < 4.78 is 17.8. The van der Waals surface area contributed by atoms with Crippen LogP contribution in [-0.2, 0) is 14.2 Å². The number of hydrogen-bond acceptors (Lipinski definition) is 4. The average molecular weight is 363 g/mol. The van der Waals surface area contributed by atoms with E-state index in [1.54, 1.807) is 0 Å². The van der Waals surface area contributed by atoms with E-state index in [1.165, 1.54) is 6.42 Å². The summed E-state index contributed by atoms with van der Waals surface area (Å²) in [5.41, 5.74) is 0. The van der Waals surface area contributed by atoms with Crippen LogP contribution in [0.3, 0.4) is 0 Å². The van der Waals surface area contributed by atoms with Crippen molar-refractivity contribution in [2.75, 3.05) is 6.61 Å². The molecule has 0 aromatic heterocycles. The van der Waals surface area contributed by atoms with Crippen LogP contribution in [0, 0.1) is 35.5 Å². The summed E-state index contributed by atoms with van der Waals surface area (Å²) in [7, 11) is 0. The summed E-state index contributed by atoms with van der Waals surface area (Å²) in [4.78, 5) is 0. The summed E-state index contributed by atoms with van der Waals surface area (Å²) in [5.74, 6) is 7.94. The molecule has 2 aliphatic heterocycles. The van der Waals surface area contributed by atoms with Crippen LogP contribution in [0.1, 0.15) is 59.3 Å². The second-order valence-electron chi connectivity index (χ2n) is 8.21. The Kier molecular flexibility index (Phi) is 7.17. The van der Waals surface area contributed by atoms with Gasteiger partial charge in [-0.25, -0.2) is 0 Å². The fraction of sp³-hybridized carbons (Fsp3) is 0.818. The van der Waals surface area contributed by atoms with E-state index in [0.29, 0.717) is 23.7 Å². The van der Waals surface area contributed by atoms with E-state index in [0.717, 1.165) is 38.7 Å². The summed E-state index contributed by atoms with van der Waals surface area (Å²) in [6.07, 6.45) is 9.96. The Labute approximate surface area is 158 Å². The highest BCUT2D eigenvalue weighted by Crippen LogP contribution is 2.46. The molecule has 4 heteroatoms. The minimum absolute atomic E-state index is 0.0115. The highest BCUT2D eigenvalue weighted by molar-refractivity contribution is 5.07. The van der Waals surface area contributed by atoms with E-state index in [2.05, 4.69) is 37.8 Å². The first-order chi connectivity index (χ1) is 12.6. The molecule has 26 heavy (non-hydrogen) atoms. The van der Waals surface area contributed by atoms with Gasteiger partial charge in [-0.1, -0.05) is 26.0 Å². The van der Waals surface area contributed by atoms with Crippen molar-refractivity contribution in [3.8, 4) is 11.8 Å². The third kappa shape index (κ3) is 4.89. The van der Waals surface area contributed by atoms with Crippen LogP contribution in [0.4, 0.5) is 0 Å². The van der Waals surface area contributed by atoms with Gasteiger partial charge >= 0.3 is 0 Å². The topological polar surface area (TPSA) is 47.9 Å². The lowest BCUT2D eigenvalue weighted by atomic mass is 9.87. The zero-order chi connectivity index (χ0) is 18.5. The summed E-state index contributed by atoms with van der Waals surface area (Å²) in [5, 5.41) is 9.82. The van der Waals surface area contributed by atoms with Crippen LogP contribution in [0.5, 0.6) is 0 Å². The maximum Gasteiger partial charge on any atom is 0.158 e. The van der Waals surface area contributed by atoms with Gasteiger partial charge in [0, 0.05) is 19.4 Å². The van der Waals surface area contributed by atoms with E-state index in [1.807, 2.05) is 6.92 Å². The van der Waals surface area contributed by atoms with Gasteiger partial charge in [-0.3, -0.25) is 0 Å². The first kappa shape index (κ1) is 19.9. The number of hydrogen-bond donors (Lipinski definition) is 1. The van der Waals surface area contributed by atoms with Crippen molar-refractivity contribution in [3.63, 3.8) is 0 Å². The Bertz CT molecular complexity index is 528. The summed E-state index contributed by atoms with van der Waals surface area (Å²) in [6.45, 7) is 7.16. The van der Waals surface area contributed by atoms with E-state index in [9.17, 15) is 5.11 Å². The predicted molar refractivity (Wildman–Crippen MR) is 101 cm³/mol. The molecular weight excluding hydrogens is 328 g/mol. The highest BCUT2D eigenvalue weighted by Gasteiger charge is 2.46. The van der Waals surface area contributed by atoms with Gasteiger partial charge in [-0.05, 0) is 56.3 Å². The third-order valence-electron chi connectivity index (χ3n) is 6.17. The molecule has 3 rings (SSSR count). The fourth-order valence-electron chi connectivity index (χ4n) is 4.64. The summed E-state index contributed by atoms with van der Waals surface area (Å²) >= 11 is 0. The van der Waals surface area contributed by atoms with Crippen molar-refractivity contribution < 1.29 is 19.3 Å². The van der Waals surface area contributed by atoms with Gasteiger partial charge in [0.05, 0.1) is 12.2 Å². The quantitative estimate of drug-likeness (QED) is 0.575. The summed E-state index contributed by atoms with van der Waals surface area (Å²) in [6, 6.07) is 0. The molecule has 8 atom stereocenters. The Balaban J connectivity index is 1.66. The minimum atomic E-state index is -0.588. The van der Waals surface area contributed by atoms with Gasteiger partial charge < -0.3 is 19.3 Å². The molecule has 2 saturated heterocycles. The molecule has 1 aliphatic carbocycles. The molecule has 0 aromatic rings. The molecule has 0 bridgehead atoms. The average Bonchev–Trinajstić information content (AvgIpc) is 3.12. The van der Waals surface area contributed by atoms with Gasteiger partial charge in [-0.2, -0.15) is 0 Å². The zero-order valence-corrected chi connectivity index (χ0v) is 16.4. The Morgan fingerprint density at radius 2 is 2.15 bits per heavy atom. The maximum absolute atomic E-state index is 9.82. The van der Waals surface area contributed by atoms with Crippen LogP contribution in [0.15, 0.2) is 12.2 Å². The van der Waals surface area contributed by atoms with Crippen molar-refractivity contribution >= 4 is 0 Å². The van der Waals surface area contributed by atoms with Crippen molar-refractivity contribution in [1.82, 2.24) is 0 Å². The van der Waals surface area contributed by atoms with Crippen molar-refractivity contribution in [2.24, 2.45) is 23.7 Å². The molecule has 146 valence electrons. The van der Waals surface area contributed by atoms with E-state index in [-0.39, 0.29) is 18.5 Å². The molecule has 0 spiro atoms. The third-order valence-corrected chi connectivity index (χ3v) is 6.17. The number of aliphatic hydroxyl groups is 1. The largest absolute Gasteiger partial charge is 0.368 e. The molecule has 1 saturated carbocycles. The second kappa shape index (κ2) is 9.37. The molecule has 2 heterocycles. The van der Waals surface area contributed by atoms with Crippen LogP contribution in [0.25, 0.3) is 0 Å². The molecule has 1 N–H and O–H groups in total. The van der Waals surface area contributed by atoms with Crippen LogP contribution < -0.4 is 0 Å². The van der Waals surface area contributed by atoms with E-state index >= 15 is 0 Å². The lowest BCUT2D eigenvalue weighted by Gasteiger charge is -2.29. The van der Waals surface area contributed by atoms with E-state index < -0.39 is 6.29 Å². The molecule has 3 fully saturated rings. The molecule has 0 radical (unpaired) electrons. The first-order valence-electron chi connectivity index (χ1n) is 10.3. The number of aliphatic hydroxyl groups excluding tert-OH is 1. The van der Waals surface area contributed by atoms with E-state index in [4.69, 9.17) is 14.2 Å². The lowest BCUT2D eigenvalue weighted by molar-refractivity contribution is -0.186. The second-order valence-corrected chi connectivity index (χ2v) is 8.21.